The molecule has 40 heavy (non-hydrogen) atoms. The first kappa shape index (κ1) is 29.4. The Bertz CT molecular complexity index is 1500. The summed E-state index contributed by atoms with van der Waals surface area (Å²) in [4.78, 5) is 42.0. The lowest BCUT2D eigenvalue weighted by molar-refractivity contribution is -0.147. The average molecular weight is 585 g/mol. The van der Waals surface area contributed by atoms with Crippen LogP contribution in [-0.2, 0) is 25.1 Å². The molecule has 0 fully saturated rings. The minimum Gasteiger partial charge on any atom is -0.464 e. The van der Waals surface area contributed by atoms with Crippen molar-refractivity contribution in [3.63, 3.8) is 0 Å². The molecule has 1 atom stereocenters. The van der Waals surface area contributed by atoms with Crippen molar-refractivity contribution in [1.29, 1.82) is 0 Å². The van der Waals surface area contributed by atoms with Gasteiger partial charge in [-0.1, -0.05) is 19.9 Å². The van der Waals surface area contributed by atoms with Crippen LogP contribution in [0.2, 0.25) is 0 Å². The summed E-state index contributed by atoms with van der Waals surface area (Å²) in [5.41, 5.74) is -0.770. The number of carbonyl (C=O) groups excluding carboxylic acids is 3. The SMILES string of the molecule is CCCN(CCC)S(=O)(=O)c1ccc(C(=O)Oc2ccc3c(c2)N(C)[C@](C(=O)OCC)(c2cccs2)C3=O)cc1. The third-order valence-corrected chi connectivity index (χ3v) is 9.63. The largest absolute Gasteiger partial charge is 0.464 e. The van der Waals surface area contributed by atoms with Crippen LogP contribution in [-0.4, -0.2) is 57.2 Å². The van der Waals surface area contributed by atoms with Crippen LogP contribution in [0.1, 0.15) is 59.2 Å². The third-order valence-electron chi connectivity index (χ3n) is 6.74. The molecule has 2 heterocycles. The number of hydrogen-bond acceptors (Lipinski definition) is 9. The van der Waals surface area contributed by atoms with Crippen LogP contribution < -0.4 is 9.64 Å². The molecule has 1 aliphatic heterocycles. The first-order chi connectivity index (χ1) is 19.1. The molecule has 9 nitrogen and oxygen atoms in total. The van der Waals surface area contributed by atoms with Gasteiger partial charge in [-0.2, -0.15) is 4.31 Å². The van der Waals surface area contributed by atoms with Gasteiger partial charge in [0.15, 0.2) is 0 Å². The molecule has 0 amide bonds. The fourth-order valence-electron chi connectivity index (χ4n) is 4.83. The average Bonchev–Trinajstić information content (AvgIpc) is 3.55. The van der Waals surface area contributed by atoms with E-state index in [0.717, 1.165) is 0 Å². The van der Waals surface area contributed by atoms with Gasteiger partial charge in [0.2, 0.25) is 21.3 Å². The number of benzene rings is 2. The molecular formula is C29H32N2O7S2. The number of rotatable bonds is 11. The van der Waals surface area contributed by atoms with Gasteiger partial charge in [0.1, 0.15) is 5.75 Å². The van der Waals surface area contributed by atoms with Gasteiger partial charge in [-0.25, -0.2) is 18.0 Å². The molecular weight excluding hydrogens is 552 g/mol. The summed E-state index contributed by atoms with van der Waals surface area (Å²) in [6.07, 6.45) is 1.39. The number of Topliss-reactive ketones (excluding diaryl/α,β-unsaturated/α-hetero) is 1. The van der Waals surface area contributed by atoms with Gasteiger partial charge in [-0.15, -0.1) is 11.3 Å². The Labute approximate surface area is 238 Å². The topological polar surface area (TPSA) is 110 Å². The number of hydrogen-bond donors (Lipinski definition) is 0. The third kappa shape index (κ3) is 5.04. The molecule has 4 rings (SSSR count). The number of ether oxygens (including phenoxy) is 2. The molecule has 1 aromatic heterocycles. The number of nitrogens with zero attached hydrogens (tertiary/aromatic N) is 2. The van der Waals surface area contributed by atoms with E-state index in [1.54, 1.807) is 36.4 Å². The lowest BCUT2D eigenvalue weighted by Crippen LogP contribution is -2.52. The number of likely N-dealkylation sites (N-methyl/N-ethyl adjacent to an activating group) is 1. The highest BCUT2D eigenvalue weighted by molar-refractivity contribution is 7.89. The number of fused-ring (bicyclic) bond motifs is 1. The van der Waals surface area contributed by atoms with Crippen LogP contribution in [0, 0.1) is 0 Å². The Balaban J connectivity index is 1.58. The zero-order valence-corrected chi connectivity index (χ0v) is 24.5. The summed E-state index contributed by atoms with van der Waals surface area (Å²) in [6, 6.07) is 13.7. The van der Waals surface area contributed by atoms with Gasteiger partial charge in [0.05, 0.1) is 22.8 Å². The smallest absolute Gasteiger partial charge is 0.345 e. The second kappa shape index (κ2) is 11.9. The minimum atomic E-state index is -3.68. The Morgan fingerprint density at radius 2 is 1.68 bits per heavy atom. The number of sulfonamides is 1. The molecule has 3 aromatic rings. The predicted octanol–water partition coefficient (Wildman–Crippen LogP) is 4.87. The van der Waals surface area contributed by atoms with E-state index in [0.29, 0.717) is 42.1 Å². The van der Waals surface area contributed by atoms with Crippen LogP contribution in [0.4, 0.5) is 5.69 Å². The normalized spacial score (nSPS) is 16.7. The molecule has 0 saturated carbocycles. The molecule has 0 saturated heterocycles. The lowest BCUT2D eigenvalue weighted by Gasteiger charge is -2.32. The lowest BCUT2D eigenvalue weighted by atomic mass is 9.91. The van der Waals surface area contributed by atoms with E-state index >= 15 is 0 Å². The first-order valence-electron chi connectivity index (χ1n) is 13.1. The highest BCUT2D eigenvalue weighted by Crippen LogP contribution is 2.47. The zero-order chi connectivity index (χ0) is 29.1. The standard InChI is InChI=1S/C29H32N2O7S2/c1-5-16-31(17-6-2)40(35,36)22-13-10-20(11-14-22)27(33)38-21-12-15-23-24(19-21)30(4)29(26(23)32,28(34)37-7-3)25-9-8-18-39-25/h8-15,18-19H,5-7,16-17H2,1-4H3/t29-/m1/s1. The Morgan fingerprint density at radius 3 is 2.25 bits per heavy atom. The van der Waals surface area contributed by atoms with Gasteiger partial charge >= 0.3 is 11.9 Å². The molecule has 2 aromatic carbocycles. The van der Waals surface area contributed by atoms with Crippen molar-refractivity contribution in [1.82, 2.24) is 4.31 Å². The zero-order valence-electron chi connectivity index (χ0n) is 22.9. The Kier molecular flexibility index (Phi) is 8.77. The summed E-state index contributed by atoms with van der Waals surface area (Å²) >= 11 is 1.28. The fourth-order valence-corrected chi connectivity index (χ4v) is 7.40. The van der Waals surface area contributed by atoms with Crippen molar-refractivity contribution in [3.8, 4) is 5.75 Å². The minimum absolute atomic E-state index is 0.104. The Hall–Kier alpha value is -3.54. The molecule has 0 radical (unpaired) electrons. The molecule has 11 heteroatoms. The molecule has 0 unspecified atom stereocenters. The maximum Gasteiger partial charge on any atom is 0.345 e. The highest BCUT2D eigenvalue weighted by Gasteiger charge is 2.59. The highest BCUT2D eigenvalue weighted by atomic mass is 32.2. The molecule has 0 aliphatic carbocycles. The summed E-state index contributed by atoms with van der Waals surface area (Å²) in [7, 11) is -2.05. The molecule has 0 bridgehead atoms. The predicted molar refractivity (Wildman–Crippen MR) is 153 cm³/mol. The van der Waals surface area contributed by atoms with E-state index in [2.05, 4.69) is 0 Å². The molecule has 0 N–H and O–H groups in total. The number of esters is 2. The Morgan fingerprint density at radius 1 is 1.00 bits per heavy atom. The van der Waals surface area contributed by atoms with Gasteiger partial charge in [0, 0.05) is 36.6 Å². The van der Waals surface area contributed by atoms with Crippen LogP contribution >= 0.6 is 11.3 Å². The van der Waals surface area contributed by atoms with Crippen molar-refractivity contribution in [2.24, 2.45) is 0 Å². The van der Waals surface area contributed by atoms with Crippen molar-refractivity contribution in [2.75, 3.05) is 31.6 Å². The maximum atomic E-state index is 13.6. The van der Waals surface area contributed by atoms with Gasteiger partial charge in [0.25, 0.3) is 0 Å². The fraction of sp³-hybridized carbons (Fsp3) is 0.345. The van der Waals surface area contributed by atoms with Crippen molar-refractivity contribution >= 4 is 44.8 Å². The monoisotopic (exact) mass is 584 g/mol. The van der Waals surface area contributed by atoms with Crippen LogP contribution in [0.25, 0.3) is 0 Å². The van der Waals surface area contributed by atoms with Gasteiger partial charge in [-0.05, 0) is 67.6 Å². The van der Waals surface area contributed by atoms with E-state index in [9.17, 15) is 22.8 Å². The van der Waals surface area contributed by atoms with Crippen LogP contribution in [0.3, 0.4) is 0 Å². The molecule has 1 aliphatic rings. The number of ketones is 1. The molecule has 212 valence electrons. The number of thiophene rings is 1. The quantitative estimate of drug-likeness (QED) is 0.178. The first-order valence-corrected chi connectivity index (χ1v) is 15.4. The summed E-state index contributed by atoms with van der Waals surface area (Å²) in [5, 5.41) is 1.79. The number of carbonyl (C=O) groups is 3. The van der Waals surface area contributed by atoms with E-state index in [1.165, 1.54) is 58.1 Å². The summed E-state index contributed by atoms with van der Waals surface area (Å²) in [6.45, 7) is 6.46. The van der Waals surface area contributed by atoms with E-state index in [-0.39, 0.29) is 22.8 Å². The van der Waals surface area contributed by atoms with E-state index in [4.69, 9.17) is 9.47 Å². The van der Waals surface area contributed by atoms with Crippen molar-refractivity contribution in [2.45, 2.75) is 44.0 Å². The van der Waals surface area contributed by atoms with Crippen molar-refractivity contribution in [3.05, 3.63) is 76.0 Å². The van der Waals surface area contributed by atoms with E-state index in [1.807, 2.05) is 13.8 Å². The van der Waals surface area contributed by atoms with Crippen LogP contribution in [0.15, 0.2) is 64.9 Å². The second-order valence-corrected chi connectivity index (χ2v) is 12.2. The summed E-state index contributed by atoms with van der Waals surface area (Å²) < 4.78 is 38.4. The van der Waals surface area contributed by atoms with Gasteiger partial charge in [-0.3, -0.25) is 4.79 Å². The second-order valence-electron chi connectivity index (χ2n) is 9.29. The van der Waals surface area contributed by atoms with Gasteiger partial charge < -0.3 is 14.4 Å². The maximum absolute atomic E-state index is 13.6. The summed E-state index contributed by atoms with van der Waals surface area (Å²) in [5.74, 6) is -1.61. The van der Waals surface area contributed by atoms with Crippen LogP contribution in [0.5, 0.6) is 5.75 Å². The van der Waals surface area contributed by atoms with E-state index < -0.39 is 33.3 Å². The molecule has 0 spiro atoms. The van der Waals surface area contributed by atoms with Crippen molar-refractivity contribution < 1.29 is 32.3 Å². The number of anilines is 1.